The molecule has 0 fully saturated rings. The summed E-state index contributed by atoms with van der Waals surface area (Å²) < 4.78 is 64.8. The number of alkyl halides is 3. The number of methoxy groups -OCH3 is 2. The zero-order valence-electron chi connectivity index (χ0n) is 17.3. The van der Waals surface area contributed by atoms with Crippen LogP contribution in [0.25, 0.3) is 0 Å². The van der Waals surface area contributed by atoms with Crippen molar-refractivity contribution in [3.63, 3.8) is 0 Å². The summed E-state index contributed by atoms with van der Waals surface area (Å²) in [6.45, 7) is 1.60. The number of anilines is 1. The van der Waals surface area contributed by atoms with Crippen molar-refractivity contribution < 1.29 is 27.0 Å². The fourth-order valence-corrected chi connectivity index (χ4v) is 3.18. The highest BCUT2D eigenvalue weighted by atomic mass is 19.4. The minimum Gasteiger partial charge on any atom is -0.497 e. The van der Waals surface area contributed by atoms with Crippen molar-refractivity contribution in [2.45, 2.75) is 26.2 Å². The van der Waals surface area contributed by atoms with E-state index in [-0.39, 0.29) is 18.9 Å². The molecule has 0 aliphatic carbocycles. The van der Waals surface area contributed by atoms with E-state index in [0.717, 1.165) is 18.1 Å². The zero-order chi connectivity index (χ0) is 22.6. The van der Waals surface area contributed by atoms with Gasteiger partial charge in [-0.2, -0.15) is 13.2 Å². The first-order valence-electron chi connectivity index (χ1n) is 9.46. The van der Waals surface area contributed by atoms with Gasteiger partial charge in [0.1, 0.15) is 11.5 Å². The predicted octanol–water partition coefficient (Wildman–Crippen LogP) is 5.77. The van der Waals surface area contributed by atoms with E-state index in [1.165, 1.54) is 0 Å². The van der Waals surface area contributed by atoms with Crippen molar-refractivity contribution in [3.05, 3.63) is 82.8 Å². The van der Waals surface area contributed by atoms with Crippen LogP contribution in [0.3, 0.4) is 0 Å². The van der Waals surface area contributed by atoms with Gasteiger partial charge in [0.2, 0.25) is 0 Å². The Morgan fingerprint density at radius 3 is 1.68 bits per heavy atom. The third-order valence-corrected chi connectivity index (χ3v) is 4.92. The number of halogens is 4. The fraction of sp³-hybridized carbons (Fsp3) is 0.261. The molecule has 0 bridgehead atoms. The molecule has 0 aliphatic heterocycles. The maximum atomic E-state index is 15.0. The third-order valence-electron chi connectivity index (χ3n) is 4.92. The van der Waals surface area contributed by atoms with E-state index in [1.807, 2.05) is 24.3 Å². The van der Waals surface area contributed by atoms with Crippen LogP contribution in [0, 0.1) is 12.7 Å². The molecule has 8 heteroatoms. The average molecular weight is 434 g/mol. The summed E-state index contributed by atoms with van der Waals surface area (Å²) in [4.78, 5) is 5.45. The monoisotopic (exact) mass is 434 g/mol. The van der Waals surface area contributed by atoms with Gasteiger partial charge < -0.3 is 14.4 Å². The number of hydrogen-bond donors (Lipinski definition) is 0. The molecule has 164 valence electrons. The van der Waals surface area contributed by atoms with Crippen LogP contribution < -0.4 is 14.4 Å². The summed E-state index contributed by atoms with van der Waals surface area (Å²) in [5, 5.41) is 0. The van der Waals surface area contributed by atoms with Crippen molar-refractivity contribution in [1.82, 2.24) is 4.98 Å². The predicted molar refractivity (Wildman–Crippen MR) is 110 cm³/mol. The molecule has 0 N–H and O–H groups in total. The quantitative estimate of drug-likeness (QED) is 0.442. The Kier molecular flexibility index (Phi) is 6.68. The van der Waals surface area contributed by atoms with Gasteiger partial charge in [0, 0.05) is 24.8 Å². The van der Waals surface area contributed by atoms with Crippen LogP contribution in [0.4, 0.5) is 23.4 Å². The van der Waals surface area contributed by atoms with Gasteiger partial charge in [0.05, 0.1) is 19.8 Å². The summed E-state index contributed by atoms with van der Waals surface area (Å²) in [5.41, 5.74) is 0.0932. The van der Waals surface area contributed by atoms with E-state index < -0.39 is 23.1 Å². The second-order valence-electron chi connectivity index (χ2n) is 6.98. The lowest BCUT2D eigenvalue weighted by Crippen LogP contribution is -2.25. The molecule has 2 aromatic carbocycles. The van der Waals surface area contributed by atoms with Crippen LogP contribution in [0.15, 0.2) is 54.7 Å². The number of ether oxygens (including phenoxy) is 2. The molecule has 0 unspecified atom stereocenters. The molecule has 0 aliphatic rings. The van der Waals surface area contributed by atoms with Crippen LogP contribution >= 0.6 is 0 Å². The highest BCUT2D eigenvalue weighted by molar-refractivity contribution is 5.48. The largest absolute Gasteiger partial charge is 0.497 e. The average Bonchev–Trinajstić information content (AvgIpc) is 2.75. The number of rotatable bonds is 7. The lowest BCUT2D eigenvalue weighted by Gasteiger charge is -2.26. The Labute approximate surface area is 178 Å². The number of nitrogens with zero attached hydrogens (tertiary/aromatic N) is 2. The van der Waals surface area contributed by atoms with E-state index in [2.05, 4.69) is 4.98 Å². The molecule has 0 saturated carbocycles. The molecule has 0 radical (unpaired) electrons. The molecule has 1 heterocycles. The molecular formula is C23H22F4N2O2. The minimum atomic E-state index is -4.67. The van der Waals surface area contributed by atoms with Crippen LogP contribution in [-0.2, 0) is 19.3 Å². The van der Waals surface area contributed by atoms with Crippen molar-refractivity contribution >= 4 is 5.82 Å². The van der Waals surface area contributed by atoms with E-state index in [1.54, 1.807) is 43.4 Å². The van der Waals surface area contributed by atoms with E-state index in [0.29, 0.717) is 17.7 Å². The van der Waals surface area contributed by atoms with E-state index in [9.17, 15) is 13.2 Å². The van der Waals surface area contributed by atoms with Crippen LogP contribution in [0.1, 0.15) is 22.3 Å². The lowest BCUT2D eigenvalue weighted by atomic mass is 10.1. The Morgan fingerprint density at radius 1 is 0.839 bits per heavy atom. The van der Waals surface area contributed by atoms with Gasteiger partial charge in [-0.05, 0) is 42.3 Å². The molecule has 31 heavy (non-hydrogen) atoms. The van der Waals surface area contributed by atoms with Gasteiger partial charge in [-0.3, -0.25) is 0 Å². The topological polar surface area (TPSA) is 34.6 Å². The van der Waals surface area contributed by atoms with Gasteiger partial charge in [0.15, 0.2) is 11.6 Å². The molecule has 0 atom stereocenters. The van der Waals surface area contributed by atoms with Gasteiger partial charge in [-0.25, -0.2) is 9.37 Å². The summed E-state index contributed by atoms with van der Waals surface area (Å²) in [7, 11) is 3.10. The van der Waals surface area contributed by atoms with E-state index in [4.69, 9.17) is 9.47 Å². The van der Waals surface area contributed by atoms with Crippen LogP contribution in [0.2, 0.25) is 0 Å². The molecule has 1 aromatic heterocycles. The standard InChI is InChI=1S/C23H22F4N2O2/c1-15-20(23(25,26)27)12-28-22(21(15)24)29(13-16-4-8-18(30-2)9-5-16)14-17-6-10-19(31-3)11-7-17/h4-12H,13-14H2,1-3H3. The first-order chi connectivity index (χ1) is 14.7. The molecule has 3 aromatic rings. The summed E-state index contributed by atoms with van der Waals surface area (Å²) >= 11 is 0. The Hall–Kier alpha value is -3.29. The van der Waals surface area contributed by atoms with Crippen molar-refractivity contribution in [2.24, 2.45) is 0 Å². The Balaban J connectivity index is 1.98. The number of benzene rings is 2. The number of pyridine rings is 1. The first kappa shape index (κ1) is 22.4. The lowest BCUT2D eigenvalue weighted by molar-refractivity contribution is -0.138. The SMILES string of the molecule is COc1ccc(CN(Cc2ccc(OC)cc2)c2ncc(C(F)(F)F)c(C)c2F)cc1. The smallest absolute Gasteiger partial charge is 0.418 e. The summed E-state index contributed by atoms with van der Waals surface area (Å²) in [6.07, 6.45) is -3.99. The summed E-state index contributed by atoms with van der Waals surface area (Å²) in [6, 6.07) is 14.3. The van der Waals surface area contributed by atoms with Crippen molar-refractivity contribution in [3.8, 4) is 11.5 Å². The van der Waals surface area contributed by atoms with Gasteiger partial charge in [-0.1, -0.05) is 24.3 Å². The molecular weight excluding hydrogens is 412 g/mol. The normalized spacial score (nSPS) is 11.3. The van der Waals surface area contributed by atoms with Crippen LogP contribution in [-0.4, -0.2) is 19.2 Å². The second kappa shape index (κ2) is 9.24. The molecule has 3 rings (SSSR count). The first-order valence-corrected chi connectivity index (χ1v) is 9.46. The van der Waals surface area contributed by atoms with Crippen molar-refractivity contribution in [1.29, 1.82) is 0 Å². The highest BCUT2D eigenvalue weighted by Gasteiger charge is 2.35. The van der Waals surface area contributed by atoms with E-state index >= 15 is 4.39 Å². The summed E-state index contributed by atoms with van der Waals surface area (Å²) in [5.74, 6) is 0.203. The molecule has 0 spiro atoms. The zero-order valence-corrected chi connectivity index (χ0v) is 17.3. The highest BCUT2D eigenvalue weighted by Crippen LogP contribution is 2.35. The maximum absolute atomic E-state index is 15.0. The van der Waals surface area contributed by atoms with Crippen molar-refractivity contribution in [2.75, 3.05) is 19.1 Å². The molecule has 0 amide bonds. The van der Waals surface area contributed by atoms with Gasteiger partial charge >= 0.3 is 6.18 Å². The van der Waals surface area contributed by atoms with Crippen LogP contribution in [0.5, 0.6) is 11.5 Å². The Bertz CT molecular complexity index is 970. The number of aromatic nitrogens is 1. The molecule has 4 nitrogen and oxygen atoms in total. The fourth-order valence-electron chi connectivity index (χ4n) is 3.18. The third kappa shape index (κ3) is 5.25. The van der Waals surface area contributed by atoms with Gasteiger partial charge in [-0.15, -0.1) is 0 Å². The minimum absolute atomic E-state index is 0.142. The maximum Gasteiger partial charge on any atom is 0.418 e. The molecule has 0 saturated heterocycles. The second-order valence-corrected chi connectivity index (χ2v) is 6.98. The Morgan fingerprint density at radius 2 is 1.29 bits per heavy atom. The van der Waals surface area contributed by atoms with Gasteiger partial charge in [0.25, 0.3) is 0 Å². The number of hydrogen-bond acceptors (Lipinski definition) is 4.